The van der Waals surface area contributed by atoms with Crippen LogP contribution in [0.2, 0.25) is 5.02 Å². The Bertz CT molecular complexity index is 1020. The summed E-state index contributed by atoms with van der Waals surface area (Å²) in [7, 11) is 0. The van der Waals surface area contributed by atoms with Crippen LogP contribution in [0.15, 0.2) is 17.7 Å². The number of alkyl halides is 3. The summed E-state index contributed by atoms with van der Waals surface area (Å²) in [5.41, 5.74) is -0.621. The maximum atomic E-state index is 13.7. The number of fused-ring (bicyclic) bond motifs is 1. The van der Waals surface area contributed by atoms with Gasteiger partial charge in [-0.3, -0.25) is 0 Å². The highest BCUT2D eigenvalue weighted by atomic mass is 35.5. The molecule has 0 aromatic heterocycles. The first-order valence-electron chi connectivity index (χ1n) is 10.7. The molecule has 0 saturated heterocycles. The average molecular weight is 540 g/mol. The smallest absolute Gasteiger partial charge is 0.475 e. The highest BCUT2D eigenvalue weighted by Gasteiger charge is 2.49. The first-order chi connectivity index (χ1) is 16.6. The van der Waals surface area contributed by atoms with E-state index in [-0.39, 0.29) is 42.4 Å². The van der Waals surface area contributed by atoms with Crippen molar-refractivity contribution in [1.29, 1.82) is 0 Å². The van der Waals surface area contributed by atoms with Crippen LogP contribution >= 0.6 is 11.6 Å². The molecular weight excluding hydrogens is 515 g/mol. The molecule has 10 nitrogen and oxygen atoms in total. The summed E-state index contributed by atoms with van der Waals surface area (Å²) in [6.45, 7) is 6.24. The van der Waals surface area contributed by atoms with Crippen molar-refractivity contribution < 1.29 is 51.6 Å². The summed E-state index contributed by atoms with van der Waals surface area (Å²) in [6, 6.07) is 2.80. The lowest BCUT2D eigenvalue weighted by atomic mass is 9.85. The summed E-state index contributed by atoms with van der Waals surface area (Å²) in [6.07, 6.45) is -9.01. The number of esters is 1. The van der Waals surface area contributed by atoms with Crippen molar-refractivity contribution in [3.05, 3.63) is 44.0 Å². The molecule has 0 spiro atoms. The summed E-state index contributed by atoms with van der Waals surface area (Å²) in [5, 5.41) is 9.34. The average Bonchev–Trinajstić information content (AvgIpc) is 2.72. The number of carbonyl (C=O) groups excluding carboxylic acids is 2. The number of nitrogens with zero attached hydrogens (tertiary/aromatic N) is 1. The van der Waals surface area contributed by atoms with Crippen LogP contribution in [-0.2, 0) is 29.3 Å². The highest BCUT2D eigenvalue weighted by molar-refractivity contribution is 6.31. The molecule has 0 radical (unpaired) electrons. The summed E-state index contributed by atoms with van der Waals surface area (Å²) < 4.78 is 60.6. The summed E-state index contributed by atoms with van der Waals surface area (Å²) in [4.78, 5) is 38.3. The maximum absolute atomic E-state index is 13.7. The van der Waals surface area contributed by atoms with E-state index in [4.69, 9.17) is 30.5 Å². The fourth-order valence-corrected chi connectivity index (χ4v) is 3.57. The van der Waals surface area contributed by atoms with Gasteiger partial charge in [-0.25, -0.2) is 9.59 Å². The topological polar surface area (TPSA) is 123 Å². The van der Waals surface area contributed by atoms with E-state index >= 15 is 0 Å². The molecule has 1 aliphatic heterocycles. The predicted octanol–water partition coefficient (Wildman–Crippen LogP) is 5.38. The molecule has 1 aromatic carbocycles. The Morgan fingerprint density at radius 2 is 1.81 bits per heavy atom. The van der Waals surface area contributed by atoms with Crippen LogP contribution in [0.3, 0.4) is 0 Å². The van der Waals surface area contributed by atoms with Crippen LogP contribution < -0.4 is 4.74 Å². The number of rotatable bonds is 9. The number of hydrogen-bond donors (Lipinski definition) is 0. The lowest BCUT2D eigenvalue weighted by Gasteiger charge is -2.30. The van der Waals surface area contributed by atoms with Crippen LogP contribution in [0.5, 0.6) is 5.75 Å². The molecule has 200 valence electrons. The number of halogens is 4. The Hall–Kier alpha value is -3.22. The van der Waals surface area contributed by atoms with Gasteiger partial charge in [0.25, 0.3) is 5.09 Å². The molecule has 0 fully saturated rings. The van der Waals surface area contributed by atoms with Gasteiger partial charge in [0.05, 0.1) is 18.8 Å². The molecule has 0 N–H and O–H groups in total. The summed E-state index contributed by atoms with van der Waals surface area (Å²) in [5.74, 6) is -1.52. The van der Waals surface area contributed by atoms with E-state index in [0.29, 0.717) is 5.56 Å². The molecule has 0 aliphatic carbocycles. The zero-order chi connectivity index (χ0) is 27.3. The van der Waals surface area contributed by atoms with Crippen molar-refractivity contribution in [3.63, 3.8) is 0 Å². The van der Waals surface area contributed by atoms with Gasteiger partial charge in [-0.1, -0.05) is 32.4 Å². The van der Waals surface area contributed by atoms with Crippen LogP contribution in [0.4, 0.5) is 18.0 Å². The van der Waals surface area contributed by atoms with Crippen LogP contribution in [0.25, 0.3) is 6.08 Å². The third kappa shape index (κ3) is 8.18. The monoisotopic (exact) mass is 539 g/mol. The Morgan fingerprint density at radius 3 is 2.39 bits per heavy atom. The van der Waals surface area contributed by atoms with Gasteiger partial charge >= 0.3 is 18.3 Å². The normalized spacial score (nSPS) is 16.1. The molecule has 1 heterocycles. The Kier molecular flexibility index (Phi) is 9.41. The fourth-order valence-electron chi connectivity index (χ4n) is 3.11. The first kappa shape index (κ1) is 29.0. The van der Waals surface area contributed by atoms with Gasteiger partial charge in [-0.05, 0) is 42.0 Å². The Balaban J connectivity index is 2.07. The maximum Gasteiger partial charge on any atom is 0.511 e. The number of unbranched alkanes of at least 4 members (excludes halogenated alkanes) is 1. The molecule has 2 unspecified atom stereocenters. The minimum Gasteiger partial charge on any atom is -0.475 e. The van der Waals surface area contributed by atoms with Crippen LogP contribution in [0, 0.1) is 10.1 Å². The number of ether oxygens (including phenoxy) is 4. The minimum atomic E-state index is -4.95. The van der Waals surface area contributed by atoms with Gasteiger partial charge in [-0.15, -0.1) is 10.1 Å². The predicted molar refractivity (Wildman–Crippen MR) is 119 cm³/mol. The first-order valence-corrected chi connectivity index (χ1v) is 11.1. The lowest BCUT2D eigenvalue weighted by Crippen LogP contribution is -2.41. The van der Waals surface area contributed by atoms with Crippen molar-refractivity contribution in [2.45, 2.75) is 64.5 Å². The van der Waals surface area contributed by atoms with E-state index < -0.39 is 46.8 Å². The number of carbonyl (C=O) groups is 2. The van der Waals surface area contributed by atoms with E-state index in [1.807, 2.05) is 20.8 Å². The third-order valence-electron chi connectivity index (χ3n) is 4.77. The highest BCUT2D eigenvalue weighted by Crippen LogP contribution is 2.42. The second-order valence-electron chi connectivity index (χ2n) is 8.71. The quantitative estimate of drug-likeness (QED) is 0.134. The van der Waals surface area contributed by atoms with E-state index in [2.05, 4.69) is 4.84 Å². The molecule has 0 amide bonds. The molecule has 14 heteroatoms. The second-order valence-corrected chi connectivity index (χ2v) is 9.12. The Labute approximate surface area is 209 Å². The SMILES string of the molecule is CC(OC(=O)OCCCCO[N+](=O)[O-])OC(=O)C1=Cc2cc(Cl)c(C(C)(C)C)cc2OC1C(F)(F)F. The van der Waals surface area contributed by atoms with Crippen LogP contribution in [-0.4, -0.2) is 49.0 Å². The standard InChI is InChI=1S/C22H25ClF3NO9/c1-12(35-20(29)32-7-5-6-8-33-27(30)31)34-19(28)14-9-13-10-16(23)15(21(2,3)4)11-17(13)36-18(14)22(24,25)26/h9-12,18H,5-8H2,1-4H3. The third-order valence-corrected chi connectivity index (χ3v) is 5.08. The van der Waals surface area contributed by atoms with E-state index in [1.165, 1.54) is 12.1 Å². The number of hydrogen-bond acceptors (Lipinski definition) is 9. The molecule has 36 heavy (non-hydrogen) atoms. The van der Waals surface area contributed by atoms with Gasteiger partial charge in [0, 0.05) is 17.5 Å². The van der Waals surface area contributed by atoms with Crippen molar-refractivity contribution in [2.24, 2.45) is 0 Å². The Morgan fingerprint density at radius 1 is 1.17 bits per heavy atom. The molecule has 2 rings (SSSR count). The largest absolute Gasteiger partial charge is 0.511 e. The van der Waals surface area contributed by atoms with Crippen molar-refractivity contribution in [2.75, 3.05) is 13.2 Å². The number of benzene rings is 1. The van der Waals surface area contributed by atoms with E-state index in [9.17, 15) is 32.9 Å². The molecule has 0 bridgehead atoms. The van der Waals surface area contributed by atoms with Gasteiger partial charge in [0.15, 0.2) is 0 Å². The molecule has 1 aliphatic rings. The zero-order valence-electron chi connectivity index (χ0n) is 19.8. The van der Waals surface area contributed by atoms with Gasteiger partial charge in [0.2, 0.25) is 12.4 Å². The summed E-state index contributed by atoms with van der Waals surface area (Å²) >= 11 is 6.29. The molecular formula is C22H25ClF3NO9. The minimum absolute atomic E-state index is 0.0975. The van der Waals surface area contributed by atoms with Gasteiger partial charge in [0.1, 0.15) is 5.75 Å². The second kappa shape index (κ2) is 11.7. The van der Waals surface area contributed by atoms with Crippen molar-refractivity contribution in [3.8, 4) is 5.75 Å². The van der Waals surface area contributed by atoms with Gasteiger partial charge in [-0.2, -0.15) is 13.2 Å². The van der Waals surface area contributed by atoms with Gasteiger partial charge < -0.3 is 23.8 Å². The molecule has 0 saturated carbocycles. The molecule has 1 aromatic rings. The van der Waals surface area contributed by atoms with Crippen molar-refractivity contribution in [1.82, 2.24) is 0 Å². The lowest BCUT2D eigenvalue weighted by molar-refractivity contribution is -0.757. The zero-order valence-corrected chi connectivity index (χ0v) is 20.6. The van der Waals surface area contributed by atoms with Crippen molar-refractivity contribution >= 4 is 29.8 Å². The van der Waals surface area contributed by atoms with Crippen LogP contribution in [0.1, 0.15) is 51.7 Å². The van der Waals surface area contributed by atoms with E-state index in [1.54, 1.807) is 0 Å². The fraction of sp³-hybridized carbons (Fsp3) is 0.545. The molecule has 2 atom stereocenters. The van der Waals surface area contributed by atoms with E-state index in [0.717, 1.165) is 13.0 Å².